The van der Waals surface area contributed by atoms with E-state index in [2.05, 4.69) is 15.6 Å². The monoisotopic (exact) mass is 533 g/mol. The Labute approximate surface area is 205 Å². The van der Waals surface area contributed by atoms with Crippen LogP contribution >= 0.6 is 23.4 Å². The molecule has 182 valence electrons. The predicted molar refractivity (Wildman–Crippen MR) is 128 cm³/mol. The maximum Gasteiger partial charge on any atom is 0.282 e. The standard InChI is InChI=1S/C21H20Cl2F3N5O2S/c1-27-7-8-30(2)19-9-13(24)3-5-17(19)29-18-11-16(26)20(10-15(18)22)34(32,33)31(23)21-6-4-14(25)12-28-21/h3-6,9-12,27,29H,7-8H2,1-2H3. The lowest BCUT2D eigenvalue weighted by Crippen LogP contribution is -2.27. The molecule has 0 bridgehead atoms. The van der Waals surface area contributed by atoms with E-state index in [1.54, 1.807) is 19.0 Å². The van der Waals surface area contributed by atoms with Gasteiger partial charge in [0.05, 0.1) is 28.3 Å². The second-order valence-electron chi connectivity index (χ2n) is 7.13. The fraction of sp³-hybridized carbons (Fsp3) is 0.190. The summed E-state index contributed by atoms with van der Waals surface area (Å²) in [6, 6.07) is 7.75. The lowest BCUT2D eigenvalue weighted by Gasteiger charge is -2.23. The Morgan fingerprint density at radius 1 is 1.03 bits per heavy atom. The highest BCUT2D eigenvalue weighted by molar-refractivity contribution is 7.94. The fourth-order valence-corrected chi connectivity index (χ4v) is 4.67. The Kier molecular flexibility index (Phi) is 8.13. The smallest absolute Gasteiger partial charge is 0.282 e. The quantitative estimate of drug-likeness (QED) is 0.381. The number of nitrogens with one attached hydrogen (secondary N) is 2. The van der Waals surface area contributed by atoms with Crippen LogP contribution in [0.1, 0.15) is 0 Å². The molecular weight excluding hydrogens is 514 g/mol. The van der Waals surface area contributed by atoms with Crippen molar-refractivity contribution in [2.24, 2.45) is 0 Å². The molecule has 0 aliphatic rings. The Bertz CT molecular complexity index is 1280. The van der Waals surface area contributed by atoms with E-state index in [9.17, 15) is 21.6 Å². The number of pyridine rings is 1. The average molecular weight is 534 g/mol. The van der Waals surface area contributed by atoms with E-state index < -0.39 is 32.4 Å². The molecule has 2 N–H and O–H groups in total. The first-order valence-electron chi connectivity index (χ1n) is 9.78. The largest absolute Gasteiger partial charge is 0.372 e. The summed E-state index contributed by atoms with van der Waals surface area (Å²) in [6.45, 7) is 1.18. The fourth-order valence-electron chi connectivity index (χ4n) is 2.97. The molecule has 0 spiro atoms. The van der Waals surface area contributed by atoms with Crippen LogP contribution in [0.25, 0.3) is 0 Å². The normalized spacial score (nSPS) is 11.4. The number of hydrogen-bond acceptors (Lipinski definition) is 6. The van der Waals surface area contributed by atoms with E-state index in [0.717, 1.165) is 30.5 Å². The number of anilines is 4. The van der Waals surface area contributed by atoms with E-state index in [1.807, 2.05) is 0 Å². The highest BCUT2D eigenvalue weighted by Crippen LogP contribution is 2.36. The molecule has 0 amide bonds. The zero-order valence-corrected chi connectivity index (χ0v) is 20.3. The SMILES string of the molecule is CNCCN(C)c1cc(F)ccc1Nc1cc(F)c(S(=O)(=O)N(Cl)c2ccc(F)cn2)cc1Cl. The molecule has 1 heterocycles. The first kappa shape index (κ1) is 25.9. The van der Waals surface area contributed by atoms with Gasteiger partial charge < -0.3 is 15.5 Å². The van der Waals surface area contributed by atoms with Crippen LogP contribution in [-0.2, 0) is 10.0 Å². The second-order valence-corrected chi connectivity index (χ2v) is 9.83. The summed E-state index contributed by atoms with van der Waals surface area (Å²) in [7, 11) is -1.08. The molecular formula is C21H20Cl2F3N5O2S. The third-order valence-corrected chi connectivity index (χ3v) is 7.25. The van der Waals surface area contributed by atoms with Gasteiger partial charge in [0.2, 0.25) is 0 Å². The van der Waals surface area contributed by atoms with Crippen molar-refractivity contribution in [3.05, 3.63) is 71.1 Å². The van der Waals surface area contributed by atoms with Crippen molar-refractivity contribution in [2.75, 3.05) is 41.2 Å². The van der Waals surface area contributed by atoms with Gasteiger partial charge >= 0.3 is 0 Å². The predicted octanol–water partition coefficient (Wildman–Crippen LogP) is 4.90. The van der Waals surface area contributed by atoms with Crippen LogP contribution in [0.5, 0.6) is 0 Å². The molecule has 2 aromatic carbocycles. The van der Waals surface area contributed by atoms with Crippen LogP contribution in [0.4, 0.5) is 36.1 Å². The van der Waals surface area contributed by atoms with E-state index in [0.29, 0.717) is 24.5 Å². The third-order valence-electron chi connectivity index (χ3n) is 4.74. The summed E-state index contributed by atoms with van der Waals surface area (Å²) in [5, 5.41) is 5.77. The Hall–Kier alpha value is -2.73. The lowest BCUT2D eigenvalue weighted by atomic mass is 10.2. The molecule has 0 saturated carbocycles. The van der Waals surface area contributed by atoms with Crippen LogP contribution in [0.2, 0.25) is 5.02 Å². The van der Waals surface area contributed by atoms with Gasteiger partial charge in [-0.05, 0) is 43.4 Å². The second kappa shape index (κ2) is 10.7. The van der Waals surface area contributed by atoms with Gasteiger partial charge in [-0.2, -0.15) is 12.2 Å². The van der Waals surface area contributed by atoms with Crippen LogP contribution in [0.15, 0.2) is 53.6 Å². The molecule has 0 aliphatic heterocycles. The number of halogens is 5. The first-order valence-corrected chi connectivity index (χ1v) is 11.9. The summed E-state index contributed by atoms with van der Waals surface area (Å²) < 4.78 is 67.7. The summed E-state index contributed by atoms with van der Waals surface area (Å²) in [5.74, 6) is -2.65. The molecule has 0 fully saturated rings. The van der Waals surface area contributed by atoms with E-state index in [1.165, 1.54) is 18.2 Å². The molecule has 0 saturated heterocycles. The zero-order chi connectivity index (χ0) is 25.0. The van der Waals surface area contributed by atoms with Gasteiger partial charge in [0.25, 0.3) is 10.0 Å². The summed E-state index contributed by atoms with van der Waals surface area (Å²) in [5.41, 5.74) is 0.957. The molecule has 0 unspecified atom stereocenters. The summed E-state index contributed by atoms with van der Waals surface area (Å²) in [4.78, 5) is 4.56. The molecule has 1 aromatic heterocycles. The molecule has 0 aliphatic carbocycles. The van der Waals surface area contributed by atoms with Gasteiger partial charge in [-0.25, -0.2) is 18.2 Å². The lowest BCUT2D eigenvalue weighted by molar-refractivity contribution is 0.568. The van der Waals surface area contributed by atoms with Crippen molar-refractivity contribution in [1.29, 1.82) is 0 Å². The van der Waals surface area contributed by atoms with Crippen molar-refractivity contribution in [3.8, 4) is 0 Å². The third kappa shape index (κ3) is 5.66. The van der Waals surface area contributed by atoms with Crippen molar-refractivity contribution in [2.45, 2.75) is 4.90 Å². The maximum absolute atomic E-state index is 14.9. The zero-order valence-electron chi connectivity index (χ0n) is 18.0. The average Bonchev–Trinajstić information content (AvgIpc) is 2.80. The van der Waals surface area contributed by atoms with E-state index >= 15 is 0 Å². The van der Waals surface area contributed by atoms with Crippen LogP contribution in [0.3, 0.4) is 0 Å². The molecule has 7 nitrogen and oxygen atoms in total. The van der Waals surface area contributed by atoms with Gasteiger partial charge in [0, 0.05) is 38.0 Å². The number of likely N-dealkylation sites (N-methyl/N-ethyl adjacent to an activating group) is 2. The molecule has 3 rings (SSSR count). The van der Waals surface area contributed by atoms with Crippen molar-refractivity contribution in [1.82, 2.24) is 10.3 Å². The Morgan fingerprint density at radius 3 is 2.38 bits per heavy atom. The molecule has 3 aromatic rings. The minimum Gasteiger partial charge on any atom is -0.372 e. The molecule has 0 radical (unpaired) electrons. The number of rotatable bonds is 9. The number of hydrogen-bond donors (Lipinski definition) is 2. The summed E-state index contributed by atoms with van der Waals surface area (Å²) >= 11 is 12.1. The van der Waals surface area contributed by atoms with Crippen molar-refractivity contribution in [3.63, 3.8) is 0 Å². The summed E-state index contributed by atoms with van der Waals surface area (Å²) in [6.07, 6.45) is 0.768. The minimum absolute atomic E-state index is 0.0500. The number of sulfonamides is 1. The van der Waals surface area contributed by atoms with Crippen LogP contribution < -0.4 is 19.4 Å². The van der Waals surface area contributed by atoms with Crippen molar-refractivity contribution >= 4 is 56.3 Å². The van der Waals surface area contributed by atoms with Gasteiger partial charge in [-0.15, -0.1) is 0 Å². The number of nitrogens with zero attached hydrogens (tertiary/aromatic N) is 3. The van der Waals surface area contributed by atoms with E-state index in [4.69, 9.17) is 23.4 Å². The van der Waals surface area contributed by atoms with E-state index in [-0.39, 0.29) is 20.4 Å². The first-order chi connectivity index (χ1) is 16.0. The molecule has 13 heteroatoms. The van der Waals surface area contributed by atoms with Crippen LogP contribution in [0, 0.1) is 17.5 Å². The van der Waals surface area contributed by atoms with Gasteiger partial charge in [0.15, 0.2) is 5.82 Å². The topological polar surface area (TPSA) is 77.6 Å². The highest BCUT2D eigenvalue weighted by atomic mass is 35.5. The van der Waals surface area contributed by atoms with Gasteiger partial charge in [-0.1, -0.05) is 11.6 Å². The Balaban J connectivity index is 1.94. The van der Waals surface area contributed by atoms with Crippen LogP contribution in [-0.4, -0.2) is 40.6 Å². The number of benzene rings is 2. The maximum atomic E-state index is 14.9. The molecule has 0 atom stereocenters. The van der Waals surface area contributed by atoms with Gasteiger partial charge in [0.1, 0.15) is 22.3 Å². The van der Waals surface area contributed by atoms with Gasteiger partial charge in [-0.3, -0.25) is 0 Å². The number of aromatic nitrogens is 1. The minimum atomic E-state index is -4.62. The highest BCUT2D eigenvalue weighted by Gasteiger charge is 2.29. The Morgan fingerprint density at radius 2 is 1.74 bits per heavy atom. The van der Waals surface area contributed by atoms with Crippen molar-refractivity contribution < 1.29 is 21.6 Å². The molecule has 34 heavy (non-hydrogen) atoms.